The van der Waals surface area contributed by atoms with E-state index in [1.54, 1.807) is 0 Å². The van der Waals surface area contributed by atoms with Gasteiger partial charge < -0.3 is 37.0 Å². The van der Waals surface area contributed by atoms with Crippen LogP contribution in [0, 0.1) is 11.8 Å². The fraction of sp³-hybridized carbons (Fsp3) is 0.750. The monoisotopic (exact) mass is 458 g/mol. The highest BCUT2D eigenvalue weighted by atomic mass is 16.4. The number of amides is 3. The van der Waals surface area contributed by atoms with Crippen LogP contribution in [0.5, 0.6) is 0 Å². The van der Waals surface area contributed by atoms with Crippen LogP contribution in [0.3, 0.4) is 0 Å². The van der Waals surface area contributed by atoms with Gasteiger partial charge in [-0.1, -0.05) is 0 Å². The molecule has 2 unspecified atom stereocenters. The summed E-state index contributed by atoms with van der Waals surface area (Å²) in [7, 11) is 0. The Morgan fingerprint density at radius 1 is 0.844 bits per heavy atom. The van der Waals surface area contributed by atoms with E-state index in [9.17, 15) is 29.1 Å². The Balaban J connectivity index is 2.33. The number of carboxylic acid groups (broad SMARTS) is 3. The van der Waals surface area contributed by atoms with E-state index in [-0.39, 0.29) is 24.7 Å². The van der Waals surface area contributed by atoms with Crippen molar-refractivity contribution >= 4 is 29.8 Å². The first-order valence-electron chi connectivity index (χ1n) is 10.9. The fourth-order valence-electron chi connectivity index (χ4n) is 3.63. The van der Waals surface area contributed by atoms with Gasteiger partial charge in [-0.05, 0) is 63.8 Å². The van der Waals surface area contributed by atoms with E-state index in [0.29, 0.717) is 31.8 Å². The number of unbranched alkanes of at least 4 members (excludes halogenated alkanes) is 1. The molecule has 32 heavy (non-hydrogen) atoms. The minimum Gasteiger partial charge on any atom is -0.481 e. The van der Waals surface area contributed by atoms with E-state index in [1.165, 1.54) is 0 Å². The molecule has 2 atom stereocenters. The van der Waals surface area contributed by atoms with E-state index < -0.39 is 42.4 Å². The van der Waals surface area contributed by atoms with Crippen molar-refractivity contribution in [3.05, 3.63) is 0 Å². The number of urea groups is 1. The fourth-order valence-corrected chi connectivity index (χ4v) is 3.63. The molecule has 0 aromatic heterocycles. The lowest BCUT2D eigenvalue weighted by Gasteiger charge is -2.26. The highest BCUT2D eigenvalue weighted by Gasteiger charge is 2.26. The number of nitrogens with two attached hydrogens (primary N) is 1. The number of hydrogen-bond donors (Lipinski definition) is 7. The van der Waals surface area contributed by atoms with Crippen LogP contribution in [0.15, 0.2) is 0 Å². The molecule has 0 radical (unpaired) electrons. The predicted octanol–water partition coefficient (Wildman–Crippen LogP) is 0.108. The molecule has 1 fully saturated rings. The van der Waals surface area contributed by atoms with Crippen LogP contribution in [0.4, 0.5) is 4.79 Å². The van der Waals surface area contributed by atoms with E-state index in [2.05, 4.69) is 16.0 Å². The minimum atomic E-state index is -1.45. The topological polar surface area (TPSA) is 208 Å². The molecule has 1 aliphatic rings. The molecule has 0 aromatic rings. The van der Waals surface area contributed by atoms with Gasteiger partial charge in [0.25, 0.3) is 0 Å². The molecule has 3 amide bonds. The van der Waals surface area contributed by atoms with Gasteiger partial charge in [-0.15, -0.1) is 0 Å². The third-order valence-electron chi connectivity index (χ3n) is 5.62. The second-order valence-corrected chi connectivity index (χ2v) is 8.07. The summed E-state index contributed by atoms with van der Waals surface area (Å²) in [4.78, 5) is 57.2. The second kappa shape index (κ2) is 14.2. The maximum Gasteiger partial charge on any atom is 0.326 e. The lowest BCUT2D eigenvalue weighted by Crippen LogP contribution is -2.51. The third-order valence-corrected chi connectivity index (χ3v) is 5.62. The normalized spacial score (nSPS) is 19.9. The van der Waals surface area contributed by atoms with E-state index in [0.717, 1.165) is 25.7 Å². The Bertz CT molecular complexity index is 664. The summed E-state index contributed by atoms with van der Waals surface area (Å²) >= 11 is 0. The number of carbonyl (C=O) groups excluding carboxylic acids is 2. The molecule has 0 spiro atoms. The molecule has 0 bridgehead atoms. The highest BCUT2D eigenvalue weighted by molar-refractivity contribution is 5.86. The number of carbonyl (C=O) groups is 5. The lowest BCUT2D eigenvalue weighted by atomic mass is 9.81. The molecular formula is C20H34N4O8. The largest absolute Gasteiger partial charge is 0.481 e. The van der Waals surface area contributed by atoms with Crippen molar-refractivity contribution in [3.63, 3.8) is 0 Å². The standard InChI is InChI=1S/C20H34N4O8/c21-11-12-4-6-13(7-5-12)17(27)22-10-2-1-3-14(18(28)29)23-20(32)24-15(19(30)31)8-9-16(25)26/h12-15H,1-11,21H2,(H,22,27)(H,25,26)(H,28,29)(H,30,31)(H2,23,24,32). The summed E-state index contributed by atoms with van der Waals surface area (Å²) in [5.74, 6) is -3.44. The minimum absolute atomic E-state index is 0.00571. The van der Waals surface area contributed by atoms with Crippen LogP contribution in [0.25, 0.3) is 0 Å². The van der Waals surface area contributed by atoms with Crippen molar-refractivity contribution in [2.75, 3.05) is 13.1 Å². The predicted molar refractivity (Wildman–Crippen MR) is 113 cm³/mol. The Morgan fingerprint density at radius 2 is 1.41 bits per heavy atom. The summed E-state index contributed by atoms with van der Waals surface area (Å²) in [5.41, 5.74) is 5.66. The number of aliphatic carboxylic acids is 3. The molecule has 8 N–H and O–H groups in total. The Labute approximate surface area is 186 Å². The van der Waals surface area contributed by atoms with Gasteiger partial charge in [-0.3, -0.25) is 9.59 Å². The quantitative estimate of drug-likeness (QED) is 0.176. The summed E-state index contributed by atoms with van der Waals surface area (Å²) in [6, 6.07) is -3.70. The van der Waals surface area contributed by atoms with Crippen molar-refractivity contribution in [3.8, 4) is 0 Å². The first-order valence-corrected chi connectivity index (χ1v) is 10.9. The summed E-state index contributed by atoms with van der Waals surface area (Å²) in [5, 5.41) is 34.1. The van der Waals surface area contributed by atoms with Gasteiger partial charge in [0, 0.05) is 18.9 Å². The smallest absolute Gasteiger partial charge is 0.326 e. The molecule has 12 heteroatoms. The SMILES string of the molecule is NCC1CCC(C(=O)NCCCCC(NC(=O)NC(CCC(=O)O)C(=O)O)C(=O)O)CC1. The molecule has 0 aromatic carbocycles. The van der Waals surface area contributed by atoms with Crippen molar-refractivity contribution in [2.24, 2.45) is 17.6 Å². The van der Waals surface area contributed by atoms with E-state index in [1.807, 2.05) is 0 Å². The van der Waals surface area contributed by atoms with E-state index >= 15 is 0 Å². The number of rotatable bonds is 14. The molecule has 182 valence electrons. The average molecular weight is 459 g/mol. The first kappa shape index (κ1) is 27.1. The molecule has 1 aliphatic carbocycles. The zero-order valence-electron chi connectivity index (χ0n) is 18.0. The van der Waals surface area contributed by atoms with E-state index in [4.69, 9.17) is 15.9 Å². The molecular weight excluding hydrogens is 424 g/mol. The molecule has 0 heterocycles. The van der Waals surface area contributed by atoms with Crippen LogP contribution < -0.4 is 21.7 Å². The lowest BCUT2D eigenvalue weighted by molar-refractivity contribution is -0.140. The first-order chi connectivity index (χ1) is 15.1. The average Bonchev–Trinajstić information content (AvgIpc) is 2.74. The van der Waals surface area contributed by atoms with Gasteiger partial charge in [-0.2, -0.15) is 0 Å². The molecule has 12 nitrogen and oxygen atoms in total. The molecule has 0 saturated heterocycles. The third kappa shape index (κ3) is 10.4. The summed E-state index contributed by atoms with van der Waals surface area (Å²) in [6.45, 7) is 1.04. The number of carboxylic acids is 3. The Hall–Kier alpha value is -2.89. The van der Waals surface area contributed by atoms with Gasteiger partial charge in [0.2, 0.25) is 5.91 Å². The van der Waals surface area contributed by atoms with Crippen molar-refractivity contribution in [1.82, 2.24) is 16.0 Å². The molecule has 0 aliphatic heterocycles. The van der Waals surface area contributed by atoms with Crippen LogP contribution in [0.2, 0.25) is 0 Å². The number of nitrogens with one attached hydrogen (secondary N) is 3. The van der Waals surface area contributed by atoms with Crippen LogP contribution in [0.1, 0.15) is 57.8 Å². The van der Waals surface area contributed by atoms with Gasteiger partial charge in [-0.25, -0.2) is 14.4 Å². The van der Waals surface area contributed by atoms with Crippen molar-refractivity contribution < 1.29 is 39.3 Å². The van der Waals surface area contributed by atoms with Gasteiger partial charge in [0.1, 0.15) is 12.1 Å². The van der Waals surface area contributed by atoms with Gasteiger partial charge in [0.15, 0.2) is 0 Å². The zero-order chi connectivity index (χ0) is 24.1. The number of hydrogen-bond acceptors (Lipinski definition) is 6. The Kier molecular flexibility index (Phi) is 12.1. The molecule has 1 saturated carbocycles. The van der Waals surface area contributed by atoms with Crippen LogP contribution in [-0.2, 0) is 19.2 Å². The Morgan fingerprint density at radius 3 is 1.91 bits per heavy atom. The van der Waals surface area contributed by atoms with Crippen LogP contribution in [-0.4, -0.2) is 70.3 Å². The van der Waals surface area contributed by atoms with Crippen molar-refractivity contribution in [1.29, 1.82) is 0 Å². The maximum absolute atomic E-state index is 12.2. The summed E-state index contributed by atoms with van der Waals surface area (Å²) in [6.07, 6.45) is 3.76. The zero-order valence-corrected chi connectivity index (χ0v) is 18.0. The molecule has 1 rings (SSSR count). The highest BCUT2D eigenvalue weighted by Crippen LogP contribution is 2.28. The van der Waals surface area contributed by atoms with Crippen molar-refractivity contribution in [2.45, 2.75) is 69.9 Å². The summed E-state index contributed by atoms with van der Waals surface area (Å²) < 4.78 is 0. The van der Waals surface area contributed by atoms with Crippen LogP contribution >= 0.6 is 0 Å². The van der Waals surface area contributed by atoms with Gasteiger partial charge in [0.05, 0.1) is 0 Å². The maximum atomic E-state index is 12.2. The second-order valence-electron chi connectivity index (χ2n) is 8.07. The van der Waals surface area contributed by atoms with Gasteiger partial charge >= 0.3 is 23.9 Å².